The molecule has 2 aliphatic carbocycles. The number of carbonyl (C=O) groups is 1. The largest absolute Gasteiger partial charge is 0.462 e. The zero-order chi connectivity index (χ0) is 28.6. The fourth-order valence-corrected chi connectivity index (χ4v) is 7.00. The van der Waals surface area contributed by atoms with E-state index in [2.05, 4.69) is 0 Å². The molecular formula is C31H58O6. The molecule has 0 radical (unpaired) electrons. The standard InChI is InChI=1S/C31H58O6/c1-11-19(12-2)27(32)37-26(20-13-22(28(3,4)33)17-23(14-20)29(5,6)34)21-15-24(30(7,8)35)18-25(16-21)31(9,10)36/h19-26,33-36H,11-18H2,1-10H3. The highest BCUT2D eigenvalue weighted by molar-refractivity contribution is 5.72. The number of hydrogen-bond acceptors (Lipinski definition) is 6. The maximum Gasteiger partial charge on any atom is 0.309 e. The molecule has 2 rings (SSSR count). The van der Waals surface area contributed by atoms with Crippen LogP contribution in [-0.2, 0) is 9.53 Å². The van der Waals surface area contributed by atoms with Crippen LogP contribution in [0.1, 0.15) is 121 Å². The van der Waals surface area contributed by atoms with Gasteiger partial charge in [0.2, 0.25) is 0 Å². The van der Waals surface area contributed by atoms with Gasteiger partial charge in [0.05, 0.1) is 28.3 Å². The Morgan fingerprint density at radius 3 is 1.11 bits per heavy atom. The third-order valence-corrected chi connectivity index (χ3v) is 9.98. The van der Waals surface area contributed by atoms with Crippen molar-refractivity contribution < 1.29 is 30.0 Å². The summed E-state index contributed by atoms with van der Waals surface area (Å²) in [5, 5.41) is 44.1. The van der Waals surface area contributed by atoms with E-state index in [9.17, 15) is 25.2 Å². The van der Waals surface area contributed by atoms with E-state index in [0.717, 1.165) is 12.8 Å². The van der Waals surface area contributed by atoms with Crippen LogP contribution in [-0.4, -0.2) is 54.9 Å². The van der Waals surface area contributed by atoms with Crippen LogP contribution in [0.4, 0.5) is 0 Å². The van der Waals surface area contributed by atoms with Gasteiger partial charge in [-0.15, -0.1) is 0 Å². The molecule has 0 aliphatic heterocycles. The molecule has 2 aliphatic rings. The predicted octanol–water partition coefficient (Wildman–Crippen LogP) is 5.48. The summed E-state index contributed by atoms with van der Waals surface area (Å²) in [6.45, 7) is 18.7. The quantitative estimate of drug-likeness (QED) is 0.281. The molecule has 0 aromatic heterocycles. The molecule has 218 valence electrons. The highest BCUT2D eigenvalue weighted by atomic mass is 16.5. The van der Waals surface area contributed by atoms with Crippen LogP contribution in [0, 0.1) is 41.4 Å². The maximum atomic E-state index is 13.4. The third-order valence-electron chi connectivity index (χ3n) is 9.98. The normalized spacial score (nSPS) is 31.3. The van der Waals surface area contributed by atoms with E-state index >= 15 is 0 Å². The minimum absolute atomic E-state index is 0.0204. The Balaban J connectivity index is 2.53. The van der Waals surface area contributed by atoms with Crippen molar-refractivity contribution in [2.45, 2.75) is 149 Å². The number of hydrogen-bond donors (Lipinski definition) is 4. The van der Waals surface area contributed by atoms with Crippen molar-refractivity contribution in [3.8, 4) is 0 Å². The van der Waals surface area contributed by atoms with Crippen LogP contribution >= 0.6 is 0 Å². The van der Waals surface area contributed by atoms with Gasteiger partial charge in [-0.3, -0.25) is 4.79 Å². The third kappa shape index (κ3) is 8.65. The van der Waals surface area contributed by atoms with E-state index < -0.39 is 28.5 Å². The van der Waals surface area contributed by atoms with Crippen molar-refractivity contribution in [1.82, 2.24) is 0 Å². The summed E-state index contributed by atoms with van der Waals surface area (Å²) < 4.78 is 6.45. The first kappa shape index (κ1) is 32.5. The van der Waals surface area contributed by atoms with Gasteiger partial charge in [-0.05, 0) is 142 Å². The molecule has 4 N–H and O–H groups in total. The minimum Gasteiger partial charge on any atom is -0.462 e. The van der Waals surface area contributed by atoms with Crippen LogP contribution in [0.3, 0.4) is 0 Å². The summed E-state index contributed by atoms with van der Waals surface area (Å²) >= 11 is 0. The molecule has 6 nitrogen and oxygen atoms in total. The summed E-state index contributed by atoms with van der Waals surface area (Å²) in [7, 11) is 0. The van der Waals surface area contributed by atoms with Crippen molar-refractivity contribution in [3.63, 3.8) is 0 Å². The number of carbonyl (C=O) groups excluding carboxylic acids is 1. The van der Waals surface area contributed by atoms with Gasteiger partial charge in [0, 0.05) is 0 Å². The molecule has 0 bridgehead atoms. The summed E-state index contributed by atoms with van der Waals surface area (Å²) in [5.41, 5.74) is -3.65. The molecule has 2 fully saturated rings. The van der Waals surface area contributed by atoms with Gasteiger partial charge in [0.25, 0.3) is 0 Å². The molecule has 0 spiro atoms. The van der Waals surface area contributed by atoms with E-state index in [1.165, 1.54) is 0 Å². The first-order chi connectivity index (χ1) is 16.7. The Kier molecular flexibility index (Phi) is 10.4. The lowest BCUT2D eigenvalue weighted by molar-refractivity contribution is -0.172. The average Bonchev–Trinajstić information content (AvgIpc) is 2.75. The molecule has 0 amide bonds. The summed E-state index contributed by atoms with van der Waals surface area (Å²) in [5.74, 6) is -0.510. The van der Waals surface area contributed by atoms with Gasteiger partial charge < -0.3 is 25.2 Å². The van der Waals surface area contributed by atoms with Gasteiger partial charge in [-0.1, -0.05) is 13.8 Å². The van der Waals surface area contributed by atoms with Crippen LogP contribution < -0.4 is 0 Å². The topological polar surface area (TPSA) is 107 Å². The number of esters is 1. The predicted molar refractivity (Wildman–Crippen MR) is 148 cm³/mol. The van der Waals surface area contributed by atoms with E-state index in [0.29, 0.717) is 38.5 Å². The number of aliphatic hydroxyl groups is 4. The van der Waals surface area contributed by atoms with Gasteiger partial charge in [-0.25, -0.2) is 0 Å². The first-order valence-electron chi connectivity index (χ1n) is 14.8. The highest BCUT2D eigenvalue weighted by Crippen LogP contribution is 2.50. The zero-order valence-electron chi connectivity index (χ0n) is 25.4. The van der Waals surface area contributed by atoms with E-state index in [1.54, 1.807) is 0 Å². The van der Waals surface area contributed by atoms with Gasteiger partial charge in [0.15, 0.2) is 0 Å². The van der Waals surface area contributed by atoms with E-state index in [-0.39, 0.29) is 47.4 Å². The summed E-state index contributed by atoms with van der Waals surface area (Å²) in [4.78, 5) is 13.4. The van der Waals surface area contributed by atoms with Gasteiger partial charge >= 0.3 is 5.97 Å². The fraction of sp³-hybridized carbons (Fsp3) is 0.968. The van der Waals surface area contributed by atoms with Crippen LogP contribution in [0.2, 0.25) is 0 Å². The lowest BCUT2D eigenvalue weighted by Crippen LogP contribution is -2.51. The molecule has 4 atom stereocenters. The van der Waals surface area contributed by atoms with Crippen molar-refractivity contribution in [3.05, 3.63) is 0 Å². The second-order valence-electron chi connectivity index (χ2n) is 14.8. The Hall–Kier alpha value is -0.690. The molecule has 0 aromatic rings. The fourth-order valence-electron chi connectivity index (χ4n) is 7.00. The summed E-state index contributed by atoms with van der Waals surface area (Å²) in [6, 6.07) is 0. The molecule has 0 aromatic carbocycles. The average molecular weight is 527 g/mol. The highest BCUT2D eigenvalue weighted by Gasteiger charge is 2.50. The lowest BCUT2D eigenvalue weighted by Gasteiger charge is -2.50. The smallest absolute Gasteiger partial charge is 0.309 e. The molecule has 37 heavy (non-hydrogen) atoms. The van der Waals surface area contributed by atoms with Crippen LogP contribution in [0.15, 0.2) is 0 Å². The molecule has 6 heteroatoms. The Labute approximate surface area is 226 Å². The molecule has 4 unspecified atom stereocenters. The SMILES string of the molecule is CCC(CC)C(=O)OC(C1CC(C(C)(C)O)CC(C(C)(C)O)C1)C1CC(C(C)(C)O)CC(C(C)(C)O)C1. The second kappa shape index (κ2) is 11.8. The number of ether oxygens (including phenoxy) is 1. The van der Waals surface area contributed by atoms with Gasteiger partial charge in [0.1, 0.15) is 6.10 Å². The van der Waals surface area contributed by atoms with Gasteiger partial charge in [-0.2, -0.15) is 0 Å². The van der Waals surface area contributed by atoms with Crippen LogP contribution in [0.5, 0.6) is 0 Å². The number of rotatable bonds is 10. The van der Waals surface area contributed by atoms with Crippen molar-refractivity contribution in [1.29, 1.82) is 0 Å². The lowest BCUT2D eigenvalue weighted by atomic mass is 9.59. The first-order valence-corrected chi connectivity index (χ1v) is 14.8. The second-order valence-corrected chi connectivity index (χ2v) is 14.8. The Morgan fingerprint density at radius 2 is 0.892 bits per heavy atom. The zero-order valence-corrected chi connectivity index (χ0v) is 25.4. The molecule has 0 heterocycles. The molecular weight excluding hydrogens is 468 g/mol. The van der Waals surface area contributed by atoms with Crippen molar-refractivity contribution in [2.24, 2.45) is 41.4 Å². The summed E-state index contributed by atoms with van der Waals surface area (Å²) in [6.07, 6.45) is 5.35. The Bertz CT molecular complexity index is 637. The van der Waals surface area contributed by atoms with Crippen molar-refractivity contribution >= 4 is 5.97 Å². The van der Waals surface area contributed by atoms with Crippen molar-refractivity contribution in [2.75, 3.05) is 0 Å². The molecule has 0 saturated heterocycles. The van der Waals surface area contributed by atoms with Crippen LogP contribution in [0.25, 0.3) is 0 Å². The monoisotopic (exact) mass is 526 g/mol. The Morgan fingerprint density at radius 1 is 0.622 bits per heavy atom. The minimum atomic E-state index is -0.913. The van der Waals surface area contributed by atoms with E-state index in [1.807, 2.05) is 69.2 Å². The van der Waals surface area contributed by atoms with E-state index in [4.69, 9.17) is 4.74 Å². The molecule has 2 saturated carbocycles. The maximum absolute atomic E-state index is 13.4.